The van der Waals surface area contributed by atoms with Crippen LogP contribution >= 0.6 is 0 Å². The van der Waals surface area contributed by atoms with E-state index in [1.165, 1.54) is 4.90 Å². The summed E-state index contributed by atoms with van der Waals surface area (Å²) in [7, 11) is 3.21. The van der Waals surface area contributed by atoms with Crippen LogP contribution in [0.15, 0.2) is 48.7 Å². The molecule has 0 aliphatic heterocycles. The minimum absolute atomic E-state index is 0.335. The molecular weight excluding hydrogens is 368 g/mol. The quantitative estimate of drug-likeness (QED) is 0.644. The molecule has 1 amide bonds. The molecule has 3 rings (SSSR count). The zero-order chi connectivity index (χ0) is 21.2. The summed E-state index contributed by atoms with van der Waals surface area (Å²) in [6.07, 6.45) is 0.839. The van der Waals surface area contributed by atoms with Gasteiger partial charge in [-0.1, -0.05) is 24.3 Å². The second-order valence-electron chi connectivity index (χ2n) is 7.82. The summed E-state index contributed by atoms with van der Waals surface area (Å²) in [5.41, 5.74) is 3.32. The molecule has 1 N–H and O–H groups in total. The summed E-state index contributed by atoms with van der Waals surface area (Å²) < 4.78 is 10.8. The number of carbonyl (C=O) groups is 1. The number of methoxy groups -OCH3 is 2. The van der Waals surface area contributed by atoms with Crippen LogP contribution in [-0.2, 0) is 6.54 Å². The molecular formula is C23H26N2O4. The molecule has 0 aliphatic carbocycles. The highest BCUT2D eigenvalue weighted by molar-refractivity contribution is 5.96. The predicted octanol–water partition coefficient (Wildman–Crippen LogP) is 5.20. The Kier molecular flexibility index (Phi) is 5.64. The first-order valence-electron chi connectivity index (χ1n) is 9.35. The smallest absolute Gasteiger partial charge is 0.408 e. The Balaban J connectivity index is 1.98. The summed E-state index contributed by atoms with van der Waals surface area (Å²) in [5.74, 6) is 1.28. The van der Waals surface area contributed by atoms with Crippen molar-refractivity contribution in [3.63, 3.8) is 0 Å². The van der Waals surface area contributed by atoms with Gasteiger partial charge >= 0.3 is 6.09 Å². The maximum atomic E-state index is 11.6. The van der Waals surface area contributed by atoms with E-state index >= 15 is 0 Å². The first-order chi connectivity index (χ1) is 13.7. The average molecular weight is 394 g/mol. The molecule has 0 radical (unpaired) electrons. The fraction of sp³-hybridized carbons (Fsp3) is 0.304. The normalized spacial score (nSPS) is 11.3. The zero-order valence-corrected chi connectivity index (χ0v) is 17.4. The number of hydrogen-bond donors (Lipinski definition) is 1. The molecule has 0 aliphatic rings. The van der Waals surface area contributed by atoms with Crippen LogP contribution in [-0.4, -0.2) is 40.8 Å². The van der Waals surface area contributed by atoms with Crippen LogP contribution in [0.25, 0.3) is 22.0 Å². The zero-order valence-electron chi connectivity index (χ0n) is 17.4. The van der Waals surface area contributed by atoms with Gasteiger partial charge in [-0.25, -0.2) is 4.79 Å². The van der Waals surface area contributed by atoms with Gasteiger partial charge in [0.15, 0.2) is 11.5 Å². The van der Waals surface area contributed by atoms with Crippen molar-refractivity contribution in [2.75, 3.05) is 14.2 Å². The van der Waals surface area contributed by atoms with Crippen LogP contribution in [0.2, 0.25) is 0 Å². The molecule has 0 bridgehead atoms. The van der Waals surface area contributed by atoms with E-state index < -0.39 is 11.6 Å². The molecule has 0 saturated carbocycles. The van der Waals surface area contributed by atoms with Crippen molar-refractivity contribution >= 4 is 17.0 Å². The number of amides is 1. The number of rotatable bonds is 5. The van der Waals surface area contributed by atoms with E-state index in [9.17, 15) is 9.90 Å². The second kappa shape index (κ2) is 7.99. The highest BCUT2D eigenvalue weighted by Crippen LogP contribution is 2.36. The summed E-state index contributed by atoms with van der Waals surface area (Å²) in [5, 5.41) is 10.5. The predicted molar refractivity (Wildman–Crippen MR) is 114 cm³/mol. The van der Waals surface area contributed by atoms with Gasteiger partial charge in [0.05, 0.1) is 19.7 Å². The van der Waals surface area contributed by atoms with Gasteiger partial charge in [0, 0.05) is 29.7 Å². The van der Waals surface area contributed by atoms with Gasteiger partial charge in [-0.2, -0.15) is 0 Å². The molecule has 0 saturated heterocycles. The lowest BCUT2D eigenvalue weighted by atomic mass is 9.99. The molecule has 6 heteroatoms. The lowest BCUT2D eigenvalue weighted by Gasteiger charge is -2.33. The number of benzene rings is 2. The summed E-state index contributed by atoms with van der Waals surface area (Å²) in [6, 6.07) is 13.7. The first kappa shape index (κ1) is 20.5. The Hall–Kier alpha value is -3.28. The van der Waals surface area contributed by atoms with Crippen LogP contribution < -0.4 is 9.47 Å². The third-order valence-electron chi connectivity index (χ3n) is 4.89. The van der Waals surface area contributed by atoms with Crippen molar-refractivity contribution in [1.29, 1.82) is 0 Å². The maximum absolute atomic E-state index is 11.6. The molecule has 0 unspecified atom stereocenters. The van der Waals surface area contributed by atoms with Gasteiger partial charge in [-0.15, -0.1) is 0 Å². The maximum Gasteiger partial charge on any atom is 0.408 e. The minimum atomic E-state index is -0.928. The third kappa shape index (κ3) is 4.26. The molecule has 1 heterocycles. The molecule has 1 aromatic heterocycles. The fourth-order valence-corrected chi connectivity index (χ4v) is 3.29. The van der Waals surface area contributed by atoms with E-state index in [-0.39, 0.29) is 0 Å². The van der Waals surface area contributed by atoms with Crippen molar-refractivity contribution in [3.8, 4) is 22.6 Å². The Morgan fingerprint density at radius 1 is 1.03 bits per heavy atom. The van der Waals surface area contributed by atoms with Crippen LogP contribution in [0.5, 0.6) is 11.5 Å². The van der Waals surface area contributed by atoms with E-state index in [4.69, 9.17) is 9.47 Å². The van der Waals surface area contributed by atoms with Crippen molar-refractivity contribution < 1.29 is 19.4 Å². The number of hydrogen-bond acceptors (Lipinski definition) is 4. The van der Waals surface area contributed by atoms with Crippen LogP contribution in [0.1, 0.15) is 26.3 Å². The Labute approximate surface area is 170 Å². The number of fused-ring (bicyclic) bond motifs is 1. The molecule has 2 aromatic carbocycles. The number of aromatic nitrogens is 1. The van der Waals surface area contributed by atoms with E-state index in [2.05, 4.69) is 4.98 Å². The second-order valence-corrected chi connectivity index (χ2v) is 7.82. The largest absolute Gasteiger partial charge is 0.493 e. The van der Waals surface area contributed by atoms with E-state index in [1.54, 1.807) is 20.4 Å². The Bertz CT molecular complexity index is 1020. The fourth-order valence-electron chi connectivity index (χ4n) is 3.29. The van der Waals surface area contributed by atoms with Crippen molar-refractivity contribution in [1.82, 2.24) is 9.88 Å². The number of nitrogens with zero attached hydrogens (tertiary/aromatic N) is 2. The Morgan fingerprint density at radius 3 is 2.21 bits per heavy atom. The van der Waals surface area contributed by atoms with Crippen LogP contribution in [0, 0.1) is 0 Å². The van der Waals surface area contributed by atoms with Gasteiger partial charge in [-0.3, -0.25) is 9.88 Å². The van der Waals surface area contributed by atoms with Crippen LogP contribution in [0.4, 0.5) is 4.79 Å². The summed E-state index contributed by atoms with van der Waals surface area (Å²) >= 11 is 0. The first-order valence-corrected chi connectivity index (χ1v) is 9.35. The summed E-state index contributed by atoms with van der Waals surface area (Å²) in [4.78, 5) is 17.5. The molecule has 152 valence electrons. The molecule has 0 atom stereocenters. The molecule has 6 nitrogen and oxygen atoms in total. The minimum Gasteiger partial charge on any atom is -0.493 e. The lowest BCUT2D eigenvalue weighted by molar-refractivity contribution is 0.0955. The molecule has 3 aromatic rings. The summed E-state index contributed by atoms with van der Waals surface area (Å²) in [6.45, 7) is 6.00. The molecule has 0 fully saturated rings. The highest BCUT2D eigenvalue weighted by atomic mass is 16.5. The van der Waals surface area contributed by atoms with Crippen molar-refractivity contribution in [2.24, 2.45) is 0 Å². The third-order valence-corrected chi connectivity index (χ3v) is 4.89. The number of pyridine rings is 1. The van der Waals surface area contributed by atoms with E-state index in [1.807, 2.05) is 63.2 Å². The van der Waals surface area contributed by atoms with Crippen molar-refractivity contribution in [3.05, 3.63) is 54.2 Å². The number of ether oxygens (including phenoxy) is 2. The highest BCUT2D eigenvalue weighted by Gasteiger charge is 2.26. The number of carboxylic acid groups (broad SMARTS) is 1. The van der Waals surface area contributed by atoms with Gasteiger partial charge in [0.25, 0.3) is 0 Å². The standard InChI is InChI=1S/C23H26N2O4/c1-23(2,3)25(22(26)27)14-15-6-8-16(9-7-15)17-10-11-24-19-13-21(29-5)20(28-4)12-18(17)19/h6-13H,14H2,1-5H3,(H,26,27). The lowest BCUT2D eigenvalue weighted by Crippen LogP contribution is -2.44. The monoisotopic (exact) mass is 394 g/mol. The van der Waals surface area contributed by atoms with Crippen molar-refractivity contribution in [2.45, 2.75) is 32.9 Å². The van der Waals surface area contributed by atoms with E-state index in [0.717, 1.165) is 27.6 Å². The average Bonchev–Trinajstić information content (AvgIpc) is 2.69. The van der Waals surface area contributed by atoms with E-state index in [0.29, 0.717) is 18.0 Å². The van der Waals surface area contributed by atoms with Gasteiger partial charge < -0.3 is 14.6 Å². The van der Waals surface area contributed by atoms with Gasteiger partial charge in [0.1, 0.15) is 0 Å². The van der Waals surface area contributed by atoms with Gasteiger partial charge in [0.2, 0.25) is 0 Å². The Morgan fingerprint density at radius 2 is 1.66 bits per heavy atom. The molecule has 0 spiro atoms. The molecule has 29 heavy (non-hydrogen) atoms. The van der Waals surface area contributed by atoms with Crippen LogP contribution in [0.3, 0.4) is 0 Å². The topological polar surface area (TPSA) is 71.9 Å². The SMILES string of the molecule is COc1cc2nccc(-c3ccc(CN(C(=O)O)C(C)(C)C)cc3)c2cc1OC. The van der Waals surface area contributed by atoms with Gasteiger partial charge in [-0.05, 0) is 49.6 Å².